The van der Waals surface area contributed by atoms with Crippen molar-refractivity contribution in [3.8, 4) is 5.75 Å². The predicted molar refractivity (Wildman–Crippen MR) is 201 cm³/mol. The number of ether oxygens (including phenoxy) is 1. The van der Waals surface area contributed by atoms with Crippen molar-refractivity contribution in [1.82, 2.24) is 20.5 Å². The molecule has 3 heterocycles. The number of carbonyl (C=O) groups excluding carboxylic acids is 3. The van der Waals surface area contributed by atoms with Gasteiger partial charge in [-0.15, -0.1) is 0 Å². The zero-order valence-corrected chi connectivity index (χ0v) is 31.1. The molecule has 55 heavy (non-hydrogen) atoms. The van der Waals surface area contributed by atoms with Crippen molar-refractivity contribution < 1.29 is 36.7 Å². The van der Waals surface area contributed by atoms with Crippen LogP contribution in [0, 0.1) is 12.7 Å². The number of halogens is 4. The van der Waals surface area contributed by atoms with Crippen molar-refractivity contribution >= 4 is 40.6 Å². The van der Waals surface area contributed by atoms with Crippen LogP contribution < -0.4 is 26.0 Å². The van der Waals surface area contributed by atoms with Crippen LogP contribution in [0.4, 0.5) is 40.4 Å². The minimum Gasteiger partial charge on any atom is -0.489 e. The summed E-state index contributed by atoms with van der Waals surface area (Å²) in [5, 5.41) is 10.8. The first-order chi connectivity index (χ1) is 26.2. The lowest BCUT2D eigenvalue weighted by Gasteiger charge is -2.33. The Morgan fingerprint density at radius 2 is 1.71 bits per heavy atom. The molecule has 3 aromatic carbocycles. The SMILES string of the molecule is CNC(=O)c1ccccc1Nc1cc(Nc2cc(C)c(C3CCN(Cc4ccc(C5CCC(=O)NC5=O)c(F)c4)CC3)cc2OC(C)C)ncc1C(F)(F)F. The van der Waals surface area contributed by atoms with Crippen molar-refractivity contribution in [2.45, 2.75) is 77.1 Å². The lowest BCUT2D eigenvalue weighted by atomic mass is 9.86. The molecule has 10 nitrogen and oxygen atoms in total. The molecule has 3 amide bonds. The topological polar surface area (TPSA) is 125 Å². The summed E-state index contributed by atoms with van der Waals surface area (Å²) >= 11 is 0. The van der Waals surface area contributed by atoms with E-state index in [0.29, 0.717) is 23.5 Å². The smallest absolute Gasteiger partial charge is 0.419 e. The Morgan fingerprint density at radius 3 is 2.38 bits per heavy atom. The van der Waals surface area contributed by atoms with Gasteiger partial charge < -0.3 is 20.7 Å². The highest BCUT2D eigenvalue weighted by Crippen LogP contribution is 2.41. The first-order valence-corrected chi connectivity index (χ1v) is 18.3. The quantitative estimate of drug-likeness (QED) is 0.0894. The van der Waals surface area contributed by atoms with Crippen molar-refractivity contribution in [2.75, 3.05) is 30.8 Å². The Bertz CT molecular complexity index is 2080. The van der Waals surface area contributed by atoms with Crippen molar-refractivity contribution in [2.24, 2.45) is 0 Å². The maximum atomic E-state index is 15.1. The number of para-hydroxylation sites is 1. The van der Waals surface area contributed by atoms with E-state index in [0.717, 1.165) is 48.8 Å². The van der Waals surface area contributed by atoms with Gasteiger partial charge in [-0.1, -0.05) is 24.3 Å². The van der Waals surface area contributed by atoms with E-state index in [2.05, 4.69) is 31.2 Å². The average Bonchev–Trinajstić information content (AvgIpc) is 3.13. The number of rotatable bonds is 11. The number of amides is 3. The highest BCUT2D eigenvalue weighted by molar-refractivity contribution is 6.01. The van der Waals surface area contributed by atoms with Crippen LogP contribution in [0.3, 0.4) is 0 Å². The Balaban J connectivity index is 1.17. The summed E-state index contributed by atoms with van der Waals surface area (Å²) < 4.78 is 63.8. The van der Waals surface area contributed by atoms with Gasteiger partial charge in [0, 0.05) is 37.8 Å². The fraction of sp³-hybridized carbons (Fsp3) is 0.366. The molecule has 0 spiro atoms. The highest BCUT2D eigenvalue weighted by atomic mass is 19.4. The maximum Gasteiger partial charge on any atom is 0.419 e. The number of pyridine rings is 1. The molecular formula is C41H44F4N6O4. The van der Waals surface area contributed by atoms with E-state index in [4.69, 9.17) is 4.74 Å². The van der Waals surface area contributed by atoms with E-state index in [1.807, 2.05) is 39.0 Å². The van der Waals surface area contributed by atoms with Crippen molar-refractivity contribution in [3.05, 3.63) is 106 Å². The maximum absolute atomic E-state index is 15.1. The van der Waals surface area contributed by atoms with Crippen LogP contribution in [-0.2, 0) is 22.3 Å². The zero-order chi connectivity index (χ0) is 39.4. The Kier molecular flexibility index (Phi) is 11.7. The summed E-state index contributed by atoms with van der Waals surface area (Å²) in [6.45, 7) is 7.87. The summed E-state index contributed by atoms with van der Waals surface area (Å²) in [5.41, 5.74) is 2.85. The first kappa shape index (κ1) is 39.2. The third-order valence-corrected chi connectivity index (χ3v) is 9.98. The van der Waals surface area contributed by atoms with Crippen LogP contribution in [0.2, 0.25) is 0 Å². The second-order valence-corrected chi connectivity index (χ2v) is 14.3. The second-order valence-electron chi connectivity index (χ2n) is 14.3. The zero-order valence-electron chi connectivity index (χ0n) is 31.1. The number of aryl methyl sites for hydroxylation is 1. The molecule has 2 saturated heterocycles. The van der Waals surface area contributed by atoms with Crippen LogP contribution in [0.15, 0.2) is 66.9 Å². The van der Waals surface area contributed by atoms with Gasteiger partial charge in [-0.05, 0) is 106 Å². The molecule has 2 aliphatic heterocycles. The lowest BCUT2D eigenvalue weighted by Crippen LogP contribution is -2.39. The molecule has 1 atom stereocenters. The average molecular weight is 761 g/mol. The highest BCUT2D eigenvalue weighted by Gasteiger charge is 2.35. The number of anilines is 4. The normalized spacial score (nSPS) is 16.9. The summed E-state index contributed by atoms with van der Waals surface area (Å²) in [5.74, 6) is -1.49. The molecule has 2 aliphatic rings. The van der Waals surface area contributed by atoms with Gasteiger partial charge in [0.05, 0.1) is 40.2 Å². The van der Waals surface area contributed by atoms with E-state index >= 15 is 4.39 Å². The van der Waals surface area contributed by atoms with Gasteiger partial charge in [-0.2, -0.15) is 13.2 Å². The van der Waals surface area contributed by atoms with Crippen LogP contribution in [0.1, 0.15) is 89.5 Å². The van der Waals surface area contributed by atoms with Gasteiger partial charge in [0.1, 0.15) is 17.4 Å². The molecule has 0 bridgehead atoms. The molecular weight excluding hydrogens is 716 g/mol. The number of nitrogens with zero attached hydrogens (tertiary/aromatic N) is 2. The number of alkyl halides is 3. The molecule has 2 fully saturated rings. The van der Waals surface area contributed by atoms with Crippen LogP contribution in [0.25, 0.3) is 0 Å². The fourth-order valence-corrected chi connectivity index (χ4v) is 7.26. The summed E-state index contributed by atoms with van der Waals surface area (Å²) in [6.07, 6.45) is -1.99. The van der Waals surface area contributed by atoms with Crippen LogP contribution >= 0.6 is 0 Å². The third-order valence-electron chi connectivity index (χ3n) is 9.98. The molecule has 4 N–H and O–H groups in total. The fourth-order valence-electron chi connectivity index (χ4n) is 7.26. The second kappa shape index (κ2) is 16.5. The van der Waals surface area contributed by atoms with E-state index in [9.17, 15) is 27.6 Å². The molecule has 1 unspecified atom stereocenters. The number of aromatic nitrogens is 1. The van der Waals surface area contributed by atoms with E-state index in [1.165, 1.54) is 31.3 Å². The minimum absolute atomic E-state index is 0.142. The van der Waals surface area contributed by atoms with Crippen molar-refractivity contribution in [3.63, 3.8) is 0 Å². The van der Waals surface area contributed by atoms with Gasteiger partial charge in [-0.3, -0.25) is 24.6 Å². The standard InChI is InChI=1S/C41H44F4N6O4/c1-23(2)55-36-19-30(26-13-15-51(16-14-26)22-25-9-10-27(32(42)18-25)28-11-12-38(52)50-40(28)54)24(3)17-35(36)49-37-20-34(31(21-47-37)41(43,44)45)48-33-8-6-5-7-29(33)39(53)46-4/h5-10,17-21,23,26,28H,11-16,22H2,1-4H3,(H,46,53)(H2,47,48,49)(H,50,52,54). The summed E-state index contributed by atoms with van der Waals surface area (Å²) in [4.78, 5) is 42.6. The Morgan fingerprint density at radius 1 is 0.964 bits per heavy atom. The number of piperidine rings is 2. The Labute approximate surface area is 317 Å². The number of likely N-dealkylation sites (tertiary alicyclic amines) is 1. The monoisotopic (exact) mass is 760 g/mol. The minimum atomic E-state index is -4.71. The number of nitrogens with one attached hydrogen (secondary N) is 4. The largest absolute Gasteiger partial charge is 0.489 e. The van der Waals surface area contributed by atoms with Crippen LogP contribution in [-0.4, -0.2) is 53.8 Å². The molecule has 0 radical (unpaired) electrons. The van der Waals surface area contributed by atoms with E-state index < -0.39 is 35.3 Å². The van der Waals surface area contributed by atoms with Crippen LogP contribution in [0.5, 0.6) is 5.75 Å². The molecule has 4 aromatic rings. The molecule has 14 heteroatoms. The van der Waals surface area contributed by atoms with Gasteiger partial charge in [0.2, 0.25) is 11.8 Å². The van der Waals surface area contributed by atoms with Gasteiger partial charge in [-0.25, -0.2) is 9.37 Å². The molecule has 290 valence electrons. The lowest BCUT2D eigenvalue weighted by molar-refractivity contribution is -0.137. The Hall–Kier alpha value is -5.50. The molecule has 6 rings (SSSR count). The number of benzene rings is 3. The third kappa shape index (κ3) is 9.25. The molecule has 1 aromatic heterocycles. The predicted octanol–water partition coefficient (Wildman–Crippen LogP) is 8.08. The molecule has 0 saturated carbocycles. The van der Waals surface area contributed by atoms with Crippen molar-refractivity contribution in [1.29, 1.82) is 0 Å². The summed E-state index contributed by atoms with van der Waals surface area (Å²) in [7, 11) is 1.45. The summed E-state index contributed by atoms with van der Waals surface area (Å²) in [6, 6.07) is 16.4. The number of imide groups is 1. The molecule has 0 aliphatic carbocycles. The number of carbonyl (C=O) groups is 3. The van der Waals surface area contributed by atoms with E-state index in [-0.39, 0.29) is 53.5 Å². The number of hydrogen-bond donors (Lipinski definition) is 4. The van der Waals surface area contributed by atoms with Gasteiger partial charge in [0.15, 0.2) is 0 Å². The number of hydrogen-bond acceptors (Lipinski definition) is 8. The van der Waals surface area contributed by atoms with Gasteiger partial charge in [0.25, 0.3) is 5.91 Å². The van der Waals surface area contributed by atoms with E-state index in [1.54, 1.807) is 18.2 Å². The first-order valence-electron chi connectivity index (χ1n) is 18.3. The van der Waals surface area contributed by atoms with Gasteiger partial charge >= 0.3 is 6.18 Å².